The van der Waals surface area contributed by atoms with Gasteiger partial charge in [-0.3, -0.25) is 4.90 Å². The number of halogens is 1. The SMILES string of the molecule is CN(Cc1ccc(Cl)cc1)C1(CN)CCCCCCC1. The molecule has 1 saturated carbocycles. The van der Waals surface area contributed by atoms with Crippen molar-refractivity contribution in [3.63, 3.8) is 0 Å². The molecule has 1 aliphatic carbocycles. The van der Waals surface area contributed by atoms with Gasteiger partial charge in [-0.15, -0.1) is 0 Å². The quantitative estimate of drug-likeness (QED) is 0.901. The van der Waals surface area contributed by atoms with Gasteiger partial charge in [0.15, 0.2) is 0 Å². The van der Waals surface area contributed by atoms with Crippen molar-refractivity contribution in [2.24, 2.45) is 5.73 Å². The Balaban J connectivity index is 2.06. The maximum Gasteiger partial charge on any atom is 0.0406 e. The van der Waals surface area contributed by atoms with E-state index in [1.807, 2.05) is 12.1 Å². The summed E-state index contributed by atoms with van der Waals surface area (Å²) in [6, 6.07) is 8.17. The van der Waals surface area contributed by atoms with Crippen molar-refractivity contribution in [3.8, 4) is 0 Å². The molecule has 0 amide bonds. The van der Waals surface area contributed by atoms with Gasteiger partial charge < -0.3 is 5.73 Å². The maximum absolute atomic E-state index is 6.17. The third kappa shape index (κ3) is 3.97. The van der Waals surface area contributed by atoms with Gasteiger partial charge in [0.25, 0.3) is 0 Å². The Labute approximate surface area is 128 Å². The lowest BCUT2D eigenvalue weighted by Gasteiger charge is -2.43. The molecule has 0 heterocycles. The first-order chi connectivity index (χ1) is 9.66. The first kappa shape index (κ1) is 15.8. The van der Waals surface area contributed by atoms with E-state index in [0.717, 1.165) is 18.1 Å². The predicted octanol–water partition coefficient (Wildman–Crippen LogP) is 4.21. The van der Waals surface area contributed by atoms with E-state index in [2.05, 4.69) is 24.1 Å². The van der Waals surface area contributed by atoms with E-state index < -0.39 is 0 Å². The lowest BCUT2D eigenvalue weighted by Crippen LogP contribution is -2.52. The average molecular weight is 295 g/mol. The van der Waals surface area contributed by atoms with Gasteiger partial charge in [0, 0.05) is 23.7 Å². The first-order valence-electron chi connectivity index (χ1n) is 7.82. The van der Waals surface area contributed by atoms with Crippen molar-refractivity contribution in [3.05, 3.63) is 34.9 Å². The van der Waals surface area contributed by atoms with E-state index in [9.17, 15) is 0 Å². The second kappa shape index (κ2) is 7.44. The van der Waals surface area contributed by atoms with E-state index in [4.69, 9.17) is 17.3 Å². The summed E-state index contributed by atoms with van der Waals surface area (Å²) in [5.41, 5.74) is 7.67. The molecule has 2 N–H and O–H groups in total. The van der Waals surface area contributed by atoms with Crippen molar-refractivity contribution < 1.29 is 0 Å². The molecule has 1 aromatic carbocycles. The van der Waals surface area contributed by atoms with Crippen molar-refractivity contribution in [1.29, 1.82) is 0 Å². The molecule has 2 nitrogen and oxygen atoms in total. The van der Waals surface area contributed by atoms with Gasteiger partial charge in [0.05, 0.1) is 0 Å². The third-order valence-electron chi connectivity index (χ3n) is 4.81. The average Bonchev–Trinajstić information content (AvgIpc) is 2.42. The Hall–Kier alpha value is -0.570. The van der Waals surface area contributed by atoms with Crippen LogP contribution in [0.15, 0.2) is 24.3 Å². The molecule has 0 saturated heterocycles. The molecule has 0 unspecified atom stereocenters. The van der Waals surface area contributed by atoms with Crippen LogP contribution in [0.5, 0.6) is 0 Å². The minimum Gasteiger partial charge on any atom is -0.329 e. The van der Waals surface area contributed by atoms with Crippen LogP contribution in [-0.4, -0.2) is 24.0 Å². The standard InChI is InChI=1S/C17H27ClN2/c1-20(13-15-7-9-16(18)10-8-15)17(14-19)11-5-3-2-4-6-12-17/h7-10H,2-6,11-14,19H2,1H3. The molecule has 3 heteroatoms. The number of nitrogens with two attached hydrogens (primary N) is 1. The molecule has 2 rings (SSSR count). The van der Waals surface area contributed by atoms with Crippen molar-refractivity contribution >= 4 is 11.6 Å². The molecule has 20 heavy (non-hydrogen) atoms. The lowest BCUT2D eigenvalue weighted by molar-refractivity contribution is 0.0865. The minimum atomic E-state index is 0.181. The van der Waals surface area contributed by atoms with Crippen molar-refractivity contribution in [2.45, 2.75) is 57.0 Å². The van der Waals surface area contributed by atoms with Crippen LogP contribution >= 0.6 is 11.6 Å². The predicted molar refractivity (Wildman–Crippen MR) is 87.0 cm³/mol. The monoisotopic (exact) mass is 294 g/mol. The maximum atomic E-state index is 6.17. The molecule has 1 fully saturated rings. The van der Waals surface area contributed by atoms with Gasteiger partial charge in [0.2, 0.25) is 0 Å². The summed E-state index contributed by atoms with van der Waals surface area (Å²) in [5, 5.41) is 0.802. The van der Waals surface area contributed by atoms with E-state index in [-0.39, 0.29) is 5.54 Å². The fraction of sp³-hybridized carbons (Fsp3) is 0.647. The van der Waals surface area contributed by atoms with Crippen LogP contribution in [0.2, 0.25) is 5.02 Å². The molecule has 0 radical (unpaired) electrons. The second-order valence-corrected chi connectivity index (χ2v) is 6.62. The lowest BCUT2D eigenvalue weighted by atomic mass is 9.82. The van der Waals surface area contributed by atoms with Gasteiger partial charge >= 0.3 is 0 Å². The number of nitrogens with zero attached hydrogens (tertiary/aromatic N) is 1. The summed E-state index contributed by atoms with van der Waals surface area (Å²) in [6.07, 6.45) is 9.18. The summed E-state index contributed by atoms with van der Waals surface area (Å²) < 4.78 is 0. The number of rotatable bonds is 4. The zero-order valence-electron chi connectivity index (χ0n) is 12.6. The molecule has 0 aromatic heterocycles. The van der Waals surface area contributed by atoms with Gasteiger partial charge in [-0.2, -0.15) is 0 Å². The normalized spacial score (nSPS) is 19.6. The summed E-state index contributed by atoms with van der Waals surface area (Å²) in [5.74, 6) is 0. The topological polar surface area (TPSA) is 29.3 Å². The minimum absolute atomic E-state index is 0.181. The van der Waals surface area contributed by atoms with Crippen LogP contribution in [0.3, 0.4) is 0 Å². The fourth-order valence-corrected chi connectivity index (χ4v) is 3.46. The first-order valence-corrected chi connectivity index (χ1v) is 8.20. The number of hydrogen-bond donors (Lipinski definition) is 1. The van der Waals surface area contributed by atoms with Crippen LogP contribution in [0.1, 0.15) is 50.5 Å². The van der Waals surface area contributed by atoms with Crippen LogP contribution < -0.4 is 5.73 Å². The molecular formula is C17H27ClN2. The molecule has 0 aliphatic heterocycles. The van der Waals surface area contributed by atoms with Gasteiger partial charge in [-0.25, -0.2) is 0 Å². The Kier molecular flexibility index (Phi) is 5.88. The van der Waals surface area contributed by atoms with Crippen LogP contribution in [0, 0.1) is 0 Å². The van der Waals surface area contributed by atoms with E-state index in [1.165, 1.54) is 50.5 Å². The largest absolute Gasteiger partial charge is 0.329 e. The molecule has 0 atom stereocenters. The fourth-order valence-electron chi connectivity index (χ4n) is 3.34. The highest BCUT2D eigenvalue weighted by atomic mass is 35.5. The molecular weight excluding hydrogens is 268 g/mol. The van der Waals surface area contributed by atoms with E-state index >= 15 is 0 Å². The van der Waals surface area contributed by atoms with Crippen molar-refractivity contribution in [2.75, 3.05) is 13.6 Å². The smallest absolute Gasteiger partial charge is 0.0406 e. The van der Waals surface area contributed by atoms with E-state index in [0.29, 0.717) is 0 Å². The Bertz CT molecular complexity index is 394. The molecule has 112 valence electrons. The summed E-state index contributed by atoms with van der Waals surface area (Å²) in [6.45, 7) is 1.71. The van der Waals surface area contributed by atoms with Crippen LogP contribution in [0.4, 0.5) is 0 Å². The number of likely N-dealkylation sites (N-methyl/N-ethyl adjacent to an activating group) is 1. The summed E-state index contributed by atoms with van der Waals surface area (Å²) >= 11 is 5.96. The summed E-state index contributed by atoms with van der Waals surface area (Å²) in [7, 11) is 2.23. The highest BCUT2D eigenvalue weighted by Gasteiger charge is 2.32. The molecule has 0 bridgehead atoms. The van der Waals surface area contributed by atoms with Gasteiger partial charge in [0.1, 0.15) is 0 Å². The van der Waals surface area contributed by atoms with Crippen LogP contribution in [0.25, 0.3) is 0 Å². The Morgan fingerprint density at radius 1 is 1.05 bits per heavy atom. The Morgan fingerprint density at radius 3 is 2.15 bits per heavy atom. The highest BCUT2D eigenvalue weighted by Crippen LogP contribution is 2.31. The summed E-state index contributed by atoms with van der Waals surface area (Å²) in [4.78, 5) is 2.47. The second-order valence-electron chi connectivity index (χ2n) is 6.18. The number of benzene rings is 1. The van der Waals surface area contributed by atoms with Crippen LogP contribution in [-0.2, 0) is 6.54 Å². The number of hydrogen-bond acceptors (Lipinski definition) is 2. The highest BCUT2D eigenvalue weighted by molar-refractivity contribution is 6.30. The molecule has 0 spiro atoms. The molecule has 1 aromatic rings. The third-order valence-corrected chi connectivity index (χ3v) is 5.06. The van der Waals surface area contributed by atoms with Crippen molar-refractivity contribution in [1.82, 2.24) is 4.90 Å². The zero-order valence-corrected chi connectivity index (χ0v) is 13.3. The molecule has 1 aliphatic rings. The zero-order chi connectivity index (χ0) is 14.4. The van der Waals surface area contributed by atoms with Gasteiger partial charge in [-0.05, 0) is 37.6 Å². The van der Waals surface area contributed by atoms with E-state index in [1.54, 1.807) is 0 Å². The Morgan fingerprint density at radius 2 is 1.60 bits per heavy atom. The van der Waals surface area contributed by atoms with Gasteiger partial charge in [-0.1, -0.05) is 55.8 Å².